The first-order valence-corrected chi connectivity index (χ1v) is 9.70. The fourth-order valence-electron chi connectivity index (χ4n) is 2.90. The van der Waals surface area contributed by atoms with Crippen molar-refractivity contribution in [3.63, 3.8) is 0 Å². The summed E-state index contributed by atoms with van der Waals surface area (Å²) in [7, 11) is 0. The van der Waals surface area contributed by atoms with Crippen LogP contribution in [0, 0.1) is 23.7 Å². The number of nitrogens with one attached hydrogen (secondary N) is 2. The molecule has 0 aromatic heterocycles. The Hall–Kier alpha value is -0.390. The summed E-state index contributed by atoms with van der Waals surface area (Å²) in [5.74, 6) is 0.798. The van der Waals surface area contributed by atoms with E-state index in [4.69, 9.17) is 0 Å². The van der Waals surface area contributed by atoms with Gasteiger partial charge in [-0.1, -0.05) is 68.2 Å². The molecule has 0 aliphatic heterocycles. The zero-order valence-electron chi connectivity index (χ0n) is 16.7. The summed E-state index contributed by atoms with van der Waals surface area (Å²) in [6.07, 6.45) is 1.48. The van der Waals surface area contributed by atoms with Crippen molar-refractivity contribution in [2.24, 2.45) is 23.7 Å². The van der Waals surface area contributed by atoms with Gasteiger partial charge in [0.15, 0.2) is 11.6 Å². The number of Topliss-reactive ketones (excluding diaryl/α,β-unsaturated/α-hetero) is 2. The lowest BCUT2D eigenvalue weighted by molar-refractivity contribution is -0.128. The van der Waals surface area contributed by atoms with Crippen LogP contribution in [-0.2, 0) is 9.59 Å². The number of rotatable bonds is 12. The van der Waals surface area contributed by atoms with Crippen LogP contribution in [0.5, 0.6) is 0 Å². The standard InChI is InChI=1S/C19H38N2O2S/c1-11(2)16(20-13(5)6)18(22)14(7)9-10-15(8)19(23)17(21-24)12(3)4/h11-17,20-21,24H,9-10H2,1-8H3/t14?,15?,16-,17-/m0/s1. The van der Waals surface area contributed by atoms with Gasteiger partial charge < -0.3 is 5.32 Å². The first-order chi connectivity index (χ1) is 11.0. The largest absolute Gasteiger partial charge is 0.305 e. The van der Waals surface area contributed by atoms with Gasteiger partial charge in [-0.15, -0.1) is 0 Å². The number of hydrogen-bond donors (Lipinski definition) is 3. The molecule has 0 fully saturated rings. The van der Waals surface area contributed by atoms with E-state index in [-0.39, 0.29) is 53.4 Å². The molecule has 0 saturated heterocycles. The van der Waals surface area contributed by atoms with Crippen molar-refractivity contribution in [1.29, 1.82) is 0 Å². The monoisotopic (exact) mass is 358 g/mol. The molecule has 0 spiro atoms. The summed E-state index contributed by atoms with van der Waals surface area (Å²) in [6.45, 7) is 16.2. The Morgan fingerprint density at radius 1 is 0.750 bits per heavy atom. The molecular weight excluding hydrogens is 320 g/mol. The third-order valence-electron chi connectivity index (χ3n) is 4.60. The van der Waals surface area contributed by atoms with Gasteiger partial charge in [0.2, 0.25) is 0 Å². The normalized spacial score (nSPS) is 17.2. The fourth-order valence-corrected chi connectivity index (χ4v) is 3.33. The molecule has 2 N–H and O–H groups in total. The maximum Gasteiger partial charge on any atom is 0.153 e. The third kappa shape index (κ3) is 7.66. The van der Waals surface area contributed by atoms with Crippen LogP contribution in [0.15, 0.2) is 0 Å². The number of ketones is 2. The summed E-state index contributed by atoms with van der Waals surface area (Å²) in [5.41, 5.74) is 0. The van der Waals surface area contributed by atoms with Crippen molar-refractivity contribution in [2.45, 2.75) is 86.4 Å². The first-order valence-electron chi connectivity index (χ1n) is 9.25. The Bertz CT molecular complexity index is 397. The van der Waals surface area contributed by atoms with E-state index in [0.717, 1.165) is 12.8 Å². The van der Waals surface area contributed by atoms with Gasteiger partial charge in [0.1, 0.15) is 0 Å². The zero-order valence-corrected chi connectivity index (χ0v) is 17.6. The average molecular weight is 359 g/mol. The molecule has 0 aromatic rings. The predicted molar refractivity (Wildman–Crippen MR) is 105 cm³/mol. The van der Waals surface area contributed by atoms with Gasteiger partial charge in [-0.2, -0.15) is 0 Å². The summed E-state index contributed by atoms with van der Waals surface area (Å²) < 4.78 is 2.82. The molecule has 0 aromatic carbocycles. The highest BCUT2D eigenvalue weighted by Crippen LogP contribution is 2.20. The van der Waals surface area contributed by atoms with E-state index in [1.165, 1.54) is 0 Å². The van der Waals surface area contributed by atoms with E-state index < -0.39 is 0 Å². The Morgan fingerprint density at radius 2 is 1.12 bits per heavy atom. The lowest BCUT2D eigenvalue weighted by Gasteiger charge is -2.27. The van der Waals surface area contributed by atoms with Crippen LogP contribution in [0.1, 0.15) is 68.2 Å². The molecule has 0 aliphatic rings. The average Bonchev–Trinajstić information content (AvgIpc) is 2.48. The topological polar surface area (TPSA) is 58.2 Å². The van der Waals surface area contributed by atoms with E-state index in [2.05, 4.69) is 50.5 Å². The summed E-state index contributed by atoms with van der Waals surface area (Å²) >= 11 is 4.08. The first kappa shape index (κ1) is 23.6. The van der Waals surface area contributed by atoms with E-state index in [9.17, 15) is 9.59 Å². The number of hydrogen-bond acceptors (Lipinski definition) is 5. The highest BCUT2D eigenvalue weighted by molar-refractivity contribution is 7.78. The molecule has 142 valence electrons. The summed E-state index contributed by atoms with van der Waals surface area (Å²) in [5, 5.41) is 3.38. The van der Waals surface area contributed by atoms with E-state index >= 15 is 0 Å². The summed E-state index contributed by atoms with van der Waals surface area (Å²) in [4.78, 5) is 25.2. The molecule has 0 heterocycles. The maximum atomic E-state index is 12.7. The lowest BCUT2D eigenvalue weighted by atomic mass is 9.84. The van der Waals surface area contributed by atoms with Gasteiger partial charge in [-0.3, -0.25) is 14.3 Å². The Balaban J connectivity index is 4.67. The second kappa shape index (κ2) is 11.3. The minimum atomic E-state index is -0.236. The fraction of sp³-hybridized carbons (Fsp3) is 0.895. The van der Waals surface area contributed by atoms with E-state index in [1.54, 1.807) is 0 Å². The van der Waals surface area contributed by atoms with Crippen molar-refractivity contribution in [3.8, 4) is 0 Å². The predicted octanol–water partition coefficient (Wildman–Crippen LogP) is 3.66. The molecule has 0 saturated carbocycles. The molecule has 5 heteroatoms. The van der Waals surface area contributed by atoms with Crippen molar-refractivity contribution in [1.82, 2.24) is 10.0 Å². The van der Waals surface area contributed by atoms with E-state index in [0.29, 0.717) is 0 Å². The van der Waals surface area contributed by atoms with Gasteiger partial charge in [0.05, 0.1) is 12.1 Å². The smallest absolute Gasteiger partial charge is 0.153 e. The Morgan fingerprint density at radius 3 is 1.42 bits per heavy atom. The van der Waals surface area contributed by atoms with Crippen LogP contribution in [0.2, 0.25) is 0 Å². The number of thiol groups is 1. The SMILES string of the molecule is CC(C)N[C@H](C(=O)C(C)CCC(C)C(=O)[C@@H](NS)C(C)C)C(C)C. The quantitative estimate of drug-likeness (QED) is 0.466. The molecule has 4 nitrogen and oxygen atoms in total. The lowest BCUT2D eigenvalue weighted by Crippen LogP contribution is -2.46. The van der Waals surface area contributed by atoms with Crippen LogP contribution in [0.4, 0.5) is 0 Å². The zero-order chi connectivity index (χ0) is 19.0. The van der Waals surface area contributed by atoms with Crippen LogP contribution in [0.3, 0.4) is 0 Å². The molecule has 24 heavy (non-hydrogen) atoms. The molecule has 0 radical (unpaired) electrons. The highest BCUT2D eigenvalue weighted by Gasteiger charge is 2.29. The minimum Gasteiger partial charge on any atom is -0.305 e. The van der Waals surface area contributed by atoms with Crippen LogP contribution in [0.25, 0.3) is 0 Å². The van der Waals surface area contributed by atoms with Crippen molar-refractivity contribution in [2.75, 3.05) is 0 Å². The van der Waals surface area contributed by atoms with Gasteiger partial charge in [-0.25, -0.2) is 0 Å². The number of carbonyl (C=O) groups is 2. The van der Waals surface area contributed by atoms with Gasteiger partial charge in [0, 0.05) is 17.9 Å². The summed E-state index contributed by atoms with van der Waals surface area (Å²) in [6, 6.07) is -0.0730. The molecule has 4 atom stereocenters. The molecule has 0 rings (SSSR count). The third-order valence-corrected chi connectivity index (χ3v) is 4.88. The Kier molecular flexibility index (Phi) is 11.1. The molecule has 0 aliphatic carbocycles. The molecule has 0 bridgehead atoms. The Labute approximate surface area is 154 Å². The van der Waals surface area contributed by atoms with Gasteiger partial charge in [-0.05, 0) is 24.7 Å². The highest BCUT2D eigenvalue weighted by atomic mass is 32.1. The van der Waals surface area contributed by atoms with Crippen molar-refractivity contribution >= 4 is 24.4 Å². The molecule has 2 unspecified atom stereocenters. The minimum absolute atomic E-state index is 0.0413. The van der Waals surface area contributed by atoms with E-state index in [1.807, 2.05) is 27.7 Å². The van der Waals surface area contributed by atoms with Gasteiger partial charge in [0.25, 0.3) is 0 Å². The maximum absolute atomic E-state index is 12.7. The second-order valence-electron chi connectivity index (χ2n) is 8.08. The van der Waals surface area contributed by atoms with Crippen LogP contribution < -0.4 is 10.0 Å². The van der Waals surface area contributed by atoms with Crippen LogP contribution >= 0.6 is 12.8 Å². The van der Waals surface area contributed by atoms with Crippen LogP contribution in [-0.4, -0.2) is 29.7 Å². The number of carbonyl (C=O) groups excluding carboxylic acids is 2. The van der Waals surface area contributed by atoms with Crippen molar-refractivity contribution < 1.29 is 9.59 Å². The van der Waals surface area contributed by atoms with Gasteiger partial charge >= 0.3 is 0 Å². The molecule has 0 amide bonds. The second-order valence-corrected chi connectivity index (χ2v) is 8.34. The van der Waals surface area contributed by atoms with Crippen molar-refractivity contribution in [3.05, 3.63) is 0 Å². The molecular formula is C19H38N2O2S.